The summed E-state index contributed by atoms with van der Waals surface area (Å²) in [4.78, 5) is 27.6. The van der Waals surface area contributed by atoms with Gasteiger partial charge < -0.3 is 14.3 Å². The minimum atomic E-state index is -0.246. The largest absolute Gasteiger partial charge is 0.361 e. The highest BCUT2D eigenvalue weighted by Gasteiger charge is 2.32. The summed E-state index contributed by atoms with van der Waals surface area (Å²) < 4.78 is 5.23. The summed E-state index contributed by atoms with van der Waals surface area (Å²) in [5, 5.41) is 4.06. The first kappa shape index (κ1) is 15.5. The van der Waals surface area contributed by atoms with Crippen molar-refractivity contribution in [1.82, 2.24) is 15.0 Å². The number of aryl methyl sites for hydroxylation is 1. The molecule has 0 spiro atoms. The number of piperazine rings is 1. The highest BCUT2D eigenvalue weighted by Crippen LogP contribution is 2.28. The molecule has 0 aromatic carbocycles. The van der Waals surface area contributed by atoms with Crippen molar-refractivity contribution >= 4 is 11.8 Å². The lowest BCUT2D eigenvalue weighted by atomic mass is 9.88. The molecule has 1 saturated heterocycles. The minimum Gasteiger partial charge on any atom is -0.361 e. The van der Waals surface area contributed by atoms with Gasteiger partial charge in [0.05, 0.1) is 0 Å². The van der Waals surface area contributed by atoms with Crippen LogP contribution in [0.1, 0.15) is 49.5 Å². The first-order valence-corrected chi connectivity index (χ1v) is 7.23. The maximum absolute atomic E-state index is 12.7. The Bertz CT molecular complexity index is 549. The third kappa shape index (κ3) is 3.09. The van der Waals surface area contributed by atoms with E-state index in [9.17, 15) is 9.59 Å². The van der Waals surface area contributed by atoms with E-state index in [0.29, 0.717) is 43.2 Å². The number of carbonyl (C=O) groups is 2. The Morgan fingerprint density at radius 1 is 1.10 bits per heavy atom. The third-order valence-electron chi connectivity index (χ3n) is 3.80. The van der Waals surface area contributed by atoms with Gasteiger partial charge in [-0.05, 0) is 6.92 Å². The van der Waals surface area contributed by atoms with Crippen LogP contribution in [0.4, 0.5) is 0 Å². The lowest BCUT2D eigenvalue weighted by Gasteiger charge is -2.34. The number of carbonyl (C=O) groups excluding carboxylic acids is 2. The first-order valence-electron chi connectivity index (χ1n) is 7.23. The lowest BCUT2D eigenvalue weighted by Crippen LogP contribution is -2.50. The van der Waals surface area contributed by atoms with Crippen molar-refractivity contribution in [3.05, 3.63) is 17.0 Å². The van der Waals surface area contributed by atoms with E-state index in [0.717, 1.165) is 0 Å². The summed E-state index contributed by atoms with van der Waals surface area (Å²) in [5.41, 5.74) is 1.02. The van der Waals surface area contributed by atoms with Crippen LogP contribution in [0, 0.1) is 6.92 Å². The number of hydrogen-bond acceptors (Lipinski definition) is 4. The van der Waals surface area contributed by atoms with Gasteiger partial charge in [0.25, 0.3) is 5.91 Å². The maximum atomic E-state index is 12.7. The van der Waals surface area contributed by atoms with E-state index in [-0.39, 0.29) is 17.2 Å². The zero-order valence-electron chi connectivity index (χ0n) is 13.4. The van der Waals surface area contributed by atoms with Crippen LogP contribution < -0.4 is 0 Å². The lowest BCUT2D eigenvalue weighted by molar-refractivity contribution is -0.130. The van der Waals surface area contributed by atoms with E-state index in [1.165, 1.54) is 0 Å². The van der Waals surface area contributed by atoms with Gasteiger partial charge >= 0.3 is 0 Å². The maximum Gasteiger partial charge on any atom is 0.259 e. The van der Waals surface area contributed by atoms with Gasteiger partial charge in [0.1, 0.15) is 17.0 Å². The minimum absolute atomic E-state index is 0.0538. The number of hydrogen-bond donors (Lipinski definition) is 0. The van der Waals surface area contributed by atoms with Gasteiger partial charge in [-0.15, -0.1) is 0 Å². The zero-order valence-corrected chi connectivity index (χ0v) is 13.4. The highest BCUT2D eigenvalue weighted by atomic mass is 16.5. The van der Waals surface area contributed by atoms with Crippen LogP contribution in [0.3, 0.4) is 0 Å². The van der Waals surface area contributed by atoms with Crippen molar-refractivity contribution in [2.45, 2.75) is 40.0 Å². The predicted molar refractivity (Wildman–Crippen MR) is 78.1 cm³/mol. The van der Waals surface area contributed by atoms with Crippen molar-refractivity contribution in [3.63, 3.8) is 0 Å². The molecule has 1 aliphatic heterocycles. The summed E-state index contributed by atoms with van der Waals surface area (Å²) in [6, 6.07) is 0. The Labute approximate surface area is 125 Å². The molecule has 116 valence electrons. The van der Waals surface area contributed by atoms with E-state index >= 15 is 0 Å². The first-order chi connectivity index (χ1) is 9.71. The highest BCUT2D eigenvalue weighted by molar-refractivity contribution is 5.96. The molecule has 0 aliphatic carbocycles. The van der Waals surface area contributed by atoms with Crippen molar-refractivity contribution in [2.75, 3.05) is 26.2 Å². The second-order valence-electron chi connectivity index (χ2n) is 6.51. The second kappa shape index (κ2) is 5.50. The predicted octanol–water partition coefficient (Wildman–Crippen LogP) is 1.58. The Balaban J connectivity index is 2.19. The number of aromatic nitrogens is 1. The van der Waals surface area contributed by atoms with E-state index in [1.54, 1.807) is 23.6 Å². The van der Waals surface area contributed by atoms with Crippen LogP contribution in [-0.2, 0) is 10.2 Å². The average Bonchev–Trinajstić information content (AvgIpc) is 2.80. The summed E-state index contributed by atoms with van der Waals surface area (Å²) in [5.74, 6) is 0.555. The fraction of sp³-hybridized carbons (Fsp3) is 0.667. The van der Waals surface area contributed by atoms with Crippen LogP contribution >= 0.6 is 0 Å². The number of amides is 2. The third-order valence-corrected chi connectivity index (χ3v) is 3.80. The molecule has 1 fully saturated rings. The number of rotatable bonds is 1. The topological polar surface area (TPSA) is 66.7 Å². The van der Waals surface area contributed by atoms with Gasteiger partial charge in [0, 0.05) is 38.5 Å². The SMILES string of the molecule is CC(=O)N1CCN(C(=O)c2c(C(C)(C)C)noc2C)CC1. The monoisotopic (exact) mass is 293 g/mol. The molecule has 6 nitrogen and oxygen atoms in total. The van der Waals surface area contributed by atoms with Gasteiger partial charge in [0.15, 0.2) is 0 Å². The van der Waals surface area contributed by atoms with Gasteiger partial charge in [-0.3, -0.25) is 9.59 Å². The van der Waals surface area contributed by atoms with Crippen LogP contribution in [0.2, 0.25) is 0 Å². The summed E-state index contributed by atoms with van der Waals surface area (Å²) in [6.45, 7) is 11.6. The Morgan fingerprint density at radius 3 is 2.10 bits per heavy atom. The Morgan fingerprint density at radius 2 is 1.62 bits per heavy atom. The normalized spacial score (nSPS) is 16.2. The fourth-order valence-corrected chi connectivity index (χ4v) is 2.52. The molecular weight excluding hydrogens is 270 g/mol. The van der Waals surface area contributed by atoms with Gasteiger partial charge in [-0.2, -0.15) is 0 Å². The number of nitrogens with zero attached hydrogens (tertiary/aromatic N) is 3. The molecule has 1 aliphatic rings. The molecule has 0 N–H and O–H groups in total. The van der Waals surface area contributed by atoms with E-state index < -0.39 is 0 Å². The molecule has 1 aromatic heterocycles. The summed E-state index contributed by atoms with van der Waals surface area (Å²) in [6.07, 6.45) is 0. The average molecular weight is 293 g/mol. The molecule has 0 saturated carbocycles. The van der Waals surface area contributed by atoms with Crippen molar-refractivity contribution in [3.8, 4) is 0 Å². The molecule has 0 unspecified atom stereocenters. The molecule has 0 atom stereocenters. The zero-order chi connectivity index (χ0) is 15.8. The fourth-order valence-electron chi connectivity index (χ4n) is 2.52. The molecule has 21 heavy (non-hydrogen) atoms. The molecule has 0 bridgehead atoms. The second-order valence-corrected chi connectivity index (χ2v) is 6.51. The molecular formula is C15H23N3O3. The molecule has 0 radical (unpaired) electrons. The molecule has 2 heterocycles. The Hall–Kier alpha value is -1.85. The van der Waals surface area contributed by atoms with Crippen molar-refractivity contribution < 1.29 is 14.1 Å². The van der Waals surface area contributed by atoms with Crippen LogP contribution in [0.15, 0.2) is 4.52 Å². The van der Waals surface area contributed by atoms with Crippen LogP contribution in [0.5, 0.6) is 0 Å². The quantitative estimate of drug-likeness (QED) is 0.788. The van der Waals surface area contributed by atoms with Gasteiger partial charge in [0.2, 0.25) is 5.91 Å². The van der Waals surface area contributed by atoms with Crippen LogP contribution in [0.25, 0.3) is 0 Å². The van der Waals surface area contributed by atoms with Crippen LogP contribution in [-0.4, -0.2) is 52.9 Å². The molecule has 1 aromatic rings. The smallest absolute Gasteiger partial charge is 0.259 e. The molecule has 6 heteroatoms. The summed E-state index contributed by atoms with van der Waals surface area (Å²) in [7, 11) is 0. The van der Waals surface area contributed by atoms with Gasteiger partial charge in [-0.1, -0.05) is 25.9 Å². The standard InChI is InChI=1S/C15H23N3O3/c1-10-12(13(16-21-10)15(3,4)5)14(20)18-8-6-17(7-9-18)11(2)19/h6-9H2,1-5H3. The van der Waals surface area contributed by atoms with E-state index in [4.69, 9.17) is 4.52 Å². The molecule has 2 amide bonds. The van der Waals surface area contributed by atoms with Crippen molar-refractivity contribution in [2.24, 2.45) is 0 Å². The van der Waals surface area contributed by atoms with Crippen molar-refractivity contribution in [1.29, 1.82) is 0 Å². The van der Waals surface area contributed by atoms with Gasteiger partial charge in [-0.25, -0.2) is 0 Å². The van der Waals surface area contributed by atoms with E-state index in [1.807, 2.05) is 20.8 Å². The summed E-state index contributed by atoms with van der Waals surface area (Å²) >= 11 is 0. The van der Waals surface area contributed by atoms with E-state index in [2.05, 4.69) is 5.16 Å². The Kier molecular flexibility index (Phi) is 4.07. The molecule has 2 rings (SSSR count).